The molecule has 1 aromatic rings. The molecule has 10 nitrogen and oxygen atoms in total. The van der Waals surface area contributed by atoms with E-state index in [0.29, 0.717) is 6.61 Å². The summed E-state index contributed by atoms with van der Waals surface area (Å²) in [6.07, 6.45) is 0. The molecule has 0 aliphatic carbocycles. The summed E-state index contributed by atoms with van der Waals surface area (Å²) in [4.78, 5) is 24.2. The summed E-state index contributed by atoms with van der Waals surface area (Å²) in [6, 6.07) is 3.66. The fraction of sp³-hybridized carbons (Fsp3) is 0.529. The Morgan fingerprint density at radius 2 is 1.96 bits per heavy atom. The fourth-order valence-corrected chi connectivity index (χ4v) is 3.15. The van der Waals surface area contributed by atoms with Crippen LogP contribution in [0.25, 0.3) is 0 Å². The third-order valence-electron chi connectivity index (χ3n) is 3.58. The molecule has 1 aromatic carbocycles. The van der Waals surface area contributed by atoms with Gasteiger partial charge in [0.1, 0.15) is 0 Å². The van der Waals surface area contributed by atoms with Crippen molar-refractivity contribution in [3.63, 3.8) is 0 Å². The molecule has 0 bridgehead atoms. The van der Waals surface area contributed by atoms with Gasteiger partial charge in [-0.15, -0.1) is 0 Å². The van der Waals surface area contributed by atoms with E-state index in [1.54, 1.807) is 6.92 Å². The molecule has 0 fully saturated rings. The zero-order valence-corrected chi connectivity index (χ0v) is 17.2. The number of ether oxygens (including phenoxy) is 2. The number of amides is 1. The Labute approximate surface area is 164 Å². The van der Waals surface area contributed by atoms with E-state index in [9.17, 15) is 18.0 Å². The monoisotopic (exact) mass is 417 g/mol. The van der Waals surface area contributed by atoms with Gasteiger partial charge in [-0.1, -0.05) is 0 Å². The van der Waals surface area contributed by atoms with Crippen LogP contribution in [0.1, 0.15) is 17.3 Å². The lowest BCUT2D eigenvalue weighted by Gasteiger charge is -2.16. The first kappa shape index (κ1) is 23.8. The SMILES string of the molecule is COCC(C)NC(=O)COC(=O)c1cc(S(=O)(=O)N(C)C)ccc1NCCO. The van der Waals surface area contributed by atoms with Gasteiger partial charge in [-0.05, 0) is 25.1 Å². The van der Waals surface area contributed by atoms with Crippen LogP contribution in [-0.2, 0) is 24.3 Å². The minimum Gasteiger partial charge on any atom is -0.452 e. The lowest BCUT2D eigenvalue weighted by atomic mass is 10.2. The van der Waals surface area contributed by atoms with Crippen molar-refractivity contribution in [2.75, 3.05) is 52.9 Å². The molecular formula is C17H27N3O7S. The van der Waals surface area contributed by atoms with Gasteiger partial charge in [0, 0.05) is 39.5 Å². The second-order valence-corrected chi connectivity index (χ2v) is 8.30. The number of carbonyl (C=O) groups is 2. The predicted octanol–water partition coefficient (Wildman–Crippen LogP) is -0.351. The summed E-state index contributed by atoms with van der Waals surface area (Å²) in [5.74, 6) is -1.38. The van der Waals surface area contributed by atoms with Crippen LogP contribution in [0.2, 0.25) is 0 Å². The van der Waals surface area contributed by atoms with Crippen molar-refractivity contribution >= 4 is 27.6 Å². The number of aliphatic hydroxyl groups is 1. The average molecular weight is 417 g/mol. The van der Waals surface area contributed by atoms with Crippen LogP contribution in [0.15, 0.2) is 23.1 Å². The molecule has 0 saturated carbocycles. The van der Waals surface area contributed by atoms with Crippen molar-refractivity contribution in [1.29, 1.82) is 0 Å². The minimum absolute atomic E-state index is 0.0610. The van der Waals surface area contributed by atoms with Gasteiger partial charge in [0.25, 0.3) is 5.91 Å². The molecule has 0 radical (unpaired) electrons. The maximum absolute atomic E-state index is 12.5. The van der Waals surface area contributed by atoms with E-state index < -0.39 is 28.5 Å². The first-order chi connectivity index (χ1) is 13.1. The molecule has 1 rings (SSSR count). The van der Waals surface area contributed by atoms with Crippen molar-refractivity contribution in [2.24, 2.45) is 0 Å². The van der Waals surface area contributed by atoms with E-state index in [2.05, 4.69) is 10.6 Å². The van der Waals surface area contributed by atoms with E-state index in [-0.39, 0.29) is 35.3 Å². The Morgan fingerprint density at radius 3 is 2.54 bits per heavy atom. The first-order valence-electron chi connectivity index (χ1n) is 8.50. The number of rotatable bonds is 11. The quantitative estimate of drug-likeness (QED) is 0.416. The van der Waals surface area contributed by atoms with Crippen molar-refractivity contribution < 1.29 is 32.6 Å². The molecule has 1 atom stereocenters. The Kier molecular flexibility index (Phi) is 9.32. The number of carbonyl (C=O) groups excluding carboxylic acids is 2. The molecule has 3 N–H and O–H groups in total. The standard InChI is InChI=1S/C17H27N3O7S/c1-12(10-26-4)19-16(22)11-27-17(23)14-9-13(28(24,25)20(2)3)5-6-15(14)18-7-8-21/h5-6,9,12,18,21H,7-8,10-11H2,1-4H3,(H,19,22). The Hall–Kier alpha value is -2.21. The number of nitrogens with one attached hydrogen (secondary N) is 2. The predicted molar refractivity (Wildman–Crippen MR) is 103 cm³/mol. The minimum atomic E-state index is -3.77. The second kappa shape index (κ2) is 11.0. The molecule has 1 unspecified atom stereocenters. The molecule has 0 saturated heterocycles. The fourth-order valence-electron chi connectivity index (χ4n) is 2.23. The Balaban J connectivity index is 3.00. The molecule has 0 aromatic heterocycles. The van der Waals surface area contributed by atoms with Crippen molar-refractivity contribution in [3.8, 4) is 0 Å². The van der Waals surface area contributed by atoms with Gasteiger partial charge in [0.05, 0.1) is 23.7 Å². The van der Waals surface area contributed by atoms with E-state index in [1.165, 1.54) is 39.4 Å². The largest absolute Gasteiger partial charge is 0.452 e. The summed E-state index contributed by atoms with van der Waals surface area (Å²) in [7, 11) is 0.474. The van der Waals surface area contributed by atoms with E-state index >= 15 is 0 Å². The van der Waals surface area contributed by atoms with Crippen molar-refractivity contribution in [2.45, 2.75) is 17.9 Å². The second-order valence-electron chi connectivity index (χ2n) is 6.15. The number of nitrogens with zero attached hydrogens (tertiary/aromatic N) is 1. The van der Waals surface area contributed by atoms with E-state index in [4.69, 9.17) is 14.6 Å². The van der Waals surface area contributed by atoms with Gasteiger partial charge in [0.2, 0.25) is 10.0 Å². The lowest BCUT2D eigenvalue weighted by Crippen LogP contribution is -2.38. The third-order valence-corrected chi connectivity index (χ3v) is 5.39. The zero-order valence-electron chi connectivity index (χ0n) is 16.4. The Morgan fingerprint density at radius 1 is 1.29 bits per heavy atom. The number of anilines is 1. The normalized spacial score (nSPS) is 12.5. The van der Waals surface area contributed by atoms with Crippen LogP contribution in [-0.4, -0.2) is 83.3 Å². The summed E-state index contributed by atoms with van der Waals surface area (Å²) >= 11 is 0. The molecule has 0 heterocycles. The summed E-state index contributed by atoms with van der Waals surface area (Å²) in [5, 5.41) is 14.4. The van der Waals surface area contributed by atoms with E-state index in [1.807, 2.05) is 0 Å². The van der Waals surface area contributed by atoms with Crippen LogP contribution >= 0.6 is 0 Å². The van der Waals surface area contributed by atoms with Gasteiger partial charge in [-0.3, -0.25) is 4.79 Å². The highest BCUT2D eigenvalue weighted by Gasteiger charge is 2.22. The number of esters is 1. The topological polar surface area (TPSA) is 134 Å². The third kappa shape index (κ3) is 6.75. The summed E-state index contributed by atoms with van der Waals surface area (Å²) in [5.41, 5.74) is 0.221. The van der Waals surface area contributed by atoms with Crippen LogP contribution in [0.4, 0.5) is 5.69 Å². The number of hydrogen-bond acceptors (Lipinski definition) is 8. The molecule has 0 spiro atoms. The van der Waals surface area contributed by atoms with Crippen LogP contribution in [0.3, 0.4) is 0 Å². The maximum Gasteiger partial charge on any atom is 0.340 e. The molecule has 0 aliphatic heterocycles. The molecular weight excluding hydrogens is 390 g/mol. The average Bonchev–Trinajstić information content (AvgIpc) is 2.64. The highest BCUT2D eigenvalue weighted by Crippen LogP contribution is 2.23. The number of aliphatic hydroxyl groups excluding tert-OH is 1. The van der Waals surface area contributed by atoms with Gasteiger partial charge >= 0.3 is 5.97 Å². The van der Waals surface area contributed by atoms with Crippen LogP contribution in [0, 0.1) is 0 Å². The number of hydrogen-bond donors (Lipinski definition) is 3. The smallest absolute Gasteiger partial charge is 0.340 e. The van der Waals surface area contributed by atoms with Crippen molar-refractivity contribution in [1.82, 2.24) is 9.62 Å². The highest BCUT2D eigenvalue weighted by molar-refractivity contribution is 7.89. The van der Waals surface area contributed by atoms with Gasteiger partial charge in [0.15, 0.2) is 6.61 Å². The Bertz CT molecular complexity index is 781. The lowest BCUT2D eigenvalue weighted by molar-refractivity contribution is -0.125. The zero-order chi connectivity index (χ0) is 21.3. The summed E-state index contributed by atoms with van der Waals surface area (Å²) < 4.78 is 35.6. The molecule has 0 aliphatic rings. The number of methoxy groups -OCH3 is 1. The van der Waals surface area contributed by atoms with Gasteiger partial charge in [-0.2, -0.15) is 0 Å². The van der Waals surface area contributed by atoms with E-state index in [0.717, 1.165) is 4.31 Å². The van der Waals surface area contributed by atoms with Crippen LogP contribution in [0.5, 0.6) is 0 Å². The summed E-state index contributed by atoms with van der Waals surface area (Å²) in [6.45, 7) is 1.47. The molecule has 11 heteroatoms. The van der Waals surface area contributed by atoms with Crippen LogP contribution < -0.4 is 10.6 Å². The number of benzene rings is 1. The first-order valence-corrected chi connectivity index (χ1v) is 9.94. The van der Waals surface area contributed by atoms with Gasteiger partial charge < -0.3 is 25.2 Å². The molecule has 158 valence electrons. The highest BCUT2D eigenvalue weighted by atomic mass is 32.2. The maximum atomic E-state index is 12.5. The van der Waals surface area contributed by atoms with Gasteiger partial charge in [-0.25, -0.2) is 17.5 Å². The van der Waals surface area contributed by atoms with Crippen molar-refractivity contribution in [3.05, 3.63) is 23.8 Å². The molecule has 28 heavy (non-hydrogen) atoms. The number of sulfonamides is 1. The molecule has 1 amide bonds.